The summed E-state index contributed by atoms with van der Waals surface area (Å²) in [5, 5.41) is 7.66. The van der Waals surface area contributed by atoms with Crippen LogP contribution in [0, 0.1) is 0 Å². The predicted octanol–water partition coefficient (Wildman–Crippen LogP) is 3.66. The Balaban J connectivity index is 2.39. The molecule has 0 amide bonds. The molecule has 0 aliphatic carbocycles. The van der Waals surface area contributed by atoms with E-state index >= 15 is 0 Å². The highest BCUT2D eigenvalue weighted by molar-refractivity contribution is 5.90. The maximum atomic E-state index is 4.56. The van der Waals surface area contributed by atoms with Crippen LogP contribution in [0.5, 0.6) is 0 Å². The Hall–Kier alpha value is -1.84. The van der Waals surface area contributed by atoms with Crippen LogP contribution < -0.4 is 10.6 Å². The van der Waals surface area contributed by atoms with E-state index in [0.717, 1.165) is 29.6 Å². The zero-order valence-electron chi connectivity index (χ0n) is 11.9. The number of para-hydroxylation sites is 1. The summed E-state index contributed by atoms with van der Waals surface area (Å²) in [6, 6.07) is 8.58. The van der Waals surface area contributed by atoms with Crippen molar-refractivity contribution in [2.75, 3.05) is 17.7 Å². The van der Waals surface area contributed by atoms with Gasteiger partial charge in [0.1, 0.15) is 5.82 Å². The quantitative estimate of drug-likeness (QED) is 0.830. The lowest BCUT2D eigenvalue weighted by molar-refractivity contribution is 0.621. The van der Waals surface area contributed by atoms with E-state index in [1.54, 1.807) is 0 Å². The van der Waals surface area contributed by atoms with Gasteiger partial charge in [-0.15, -0.1) is 0 Å². The first kappa shape index (κ1) is 13.6. The second kappa shape index (κ2) is 6.36. The van der Waals surface area contributed by atoms with Crippen molar-refractivity contribution in [2.24, 2.45) is 0 Å². The van der Waals surface area contributed by atoms with Crippen LogP contribution in [0.3, 0.4) is 0 Å². The molecule has 102 valence electrons. The van der Waals surface area contributed by atoms with E-state index in [2.05, 4.69) is 40.5 Å². The molecule has 19 heavy (non-hydrogen) atoms. The third kappa shape index (κ3) is 3.13. The number of rotatable bonds is 6. The molecule has 0 spiro atoms. The molecule has 1 atom stereocenters. The number of hydrogen-bond acceptors (Lipinski definition) is 4. The first-order valence-electron chi connectivity index (χ1n) is 6.99. The van der Waals surface area contributed by atoms with Crippen molar-refractivity contribution in [1.82, 2.24) is 9.97 Å². The Morgan fingerprint density at radius 3 is 2.63 bits per heavy atom. The highest BCUT2D eigenvalue weighted by Crippen LogP contribution is 2.23. The number of nitrogens with zero attached hydrogens (tertiary/aromatic N) is 2. The highest BCUT2D eigenvalue weighted by Gasteiger charge is 2.10. The molecule has 0 saturated heterocycles. The summed E-state index contributed by atoms with van der Waals surface area (Å²) in [5.74, 6) is 1.59. The maximum absolute atomic E-state index is 4.56. The molecule has 0 bridgehead atoms. The molecule has 0 radical (unpaired) electrons. The van der Waals surface area contributed by atoms with Gasteiger partial charge < -0.3 is 10.6 Å². The Bertz CT molecular complexity index is 539. The number of anilines is 2. The average molecular weight is 258 g/mol. The van der Waals surface area contributed by atoms with Crippen LogP contribution >= 0.6 is 0 Å². The van der Waals surface area contributed by atoms with Crippen molar-refractivity contribution in [3.8, 4) is 0 Å². The van der Waals surface area contributed by atoms with Gasteiger partial charge in [0, 0.05) is 18.5 Å². The molecule has 0 fully saturated rings. The highest BCUT2D eigenvalue weighted by atomic mass is 15.1. The van der Waals surface area contributed by atoms with Crippen molar-refractivity contribution in [3.05, 3.63) is 24.3 Å². The van der Waals surface area contributed by atoms with Gasteiger partial charge in [-0.25, -0.2) is 4.98 Å². The average Bonchev–Trinajstić information content (AvgIpc) is 2.46. The van der Waals surface area contributed by atoms with Crippen molar-refractivity contribution in [1.29, 1.82) is 0 Å². The Kier molecular flexibility index (Phi) is 4.55. The summed E-state index contributed by atoms with van der Waals surface area (Å²) in [6.07, 6.45) is 3.43. The SMILES string of the molecule is CCCC(CC)Nc1nc(NC)nc2ccccc12. The molecule has 2 N–H and O–H groups in total. The van der Waals surface area contributed by atoms with E-state index in [4.69, 9.17) is 0 Å². The van der Waals surface area contributed by atoms with E-state index < -0.39 is 0 Å². The molecule has 0 saturated carbocycles. The van der Waals surface area contributed by atoms with Gasteiger partial charge in [0.05, 0.1) is 5.52 Å². The van der Waals surface area contributed by atoms with Crippen LogP contribution in [0.4, 0.5) is 11.8 Å². The summed E-state index contributed by atoms with van der Waals surface area (Å²) in [4.78, 5) is 9.03. The Labute approximate surface area is 114 Å². The van der Waals surface area contributed by atoms with Gasteiger partial charge in [-0.05, 0) is 25.0 Å². The van der Waals surface area contributed by atoms with E-state index in [9.17, 15) is 0 Å². The number of nitrogens with one attached hydrogen (secondary N) is 2. The smallest absolute Gasteiger partial charge is 0.224 e. The molecular weight excluding hydrogens is 236 g/mol. The largest absolute Gasteiger partial charge is 0.367 e. The zero-order valence-corrected chi connectivity index (χ0v) is 11.9. The van der Waals surface area contributed by atoms with E-state index in [-0.39, 0.29) is 0 Å². The summed E-state index contributed by atoms with van der Waals surface area (Å²) in [5.41, 5.74) is 0.968. The van der Waals surface area contributed by atoms with Crippen LogP contribution in [0.2, 0.25) is 0 Å². The Morgan fingerprint density at radius 1 is 1.16 bits per heavy atom. The molecule has 1 heterocycles. The van der Waals surface area contributed by atoms with Crippen LogP contribution in [0.15, 0.2) is 24.3 Å². The molecule has 2 aromatic rings. The van der Waals surface area contributed by atoms with Gasteiger partial charge in [-0.1, -0.05) is 32.4 Å². The lowest BCUT2D eigenvalue weighted by atomic mass is 10.1. The van der Waals surface area contributed by atoms with E-state index in [0.29, 0.717) is 12.0 Å². The molecular formula is C15H22N4. The van der Waals surface area contributed by atoms with Crippen molar-refractivity contribution in [2.45, 2.75) is 39.2 Å². The van der Waals surface area contributed by atoms with E-state index in [1.165, 1.54) is 6.42 Å². The van der Waals surface area contributed by atoms with Crippen LogP contribution in [0.1, 0.15) is 33.1 Å². The van der Waals surface area contributed by atoms with Gasteiger partial charge in [-0.3, -0.25) is 0 Å². The lowest BCUT2D eigenvalue weighted by Crippen LogP contribution is -2.19. The Morgan fingerprint density at radius 2 is 1.95 bits per heavy atom. The van der Waals surface area contributed by atoms with Gasteiger partial charge in [-0.2, -0.15) is 4.98 Å². The summed E-state index contributed by atoms with van der Waals surface area (Å²) in [6.45, 7) is 4.41. The fraction of sp³-hybridized carbons (Fsp3) is 0.467. The number of benzene rings is 1. The van der Waals surface area contributed by atoms with Gasteiger partial charge in [0.25, 0.3) is 0 Å². The summed E-state index contributed by atoms with van der Waals surface area (Å²) in [7, 11) is 1.84. The second-order valence-electron chi connectivity index (χ2n) is 4.70. The first-order valence-corrected chi connectivity index (χ1v) is 6.99. The number of hydrogen-bond donors (Lipinski definition) is 2. The minimum atomic E-state index is 0.466. The maximum Gasteiger partial charge on any atom is 0.224 e. The van der Waals surface area contributed by atoms with Gasteiger partial charge in [0.15, 0.2) is 0 Å². The monoisotopic (exact) mass is 258 g/mol. The van der Waals surface area contributed by atoms with Crippen molar-refractivity contribution < 1.29 is 0 Å². The summed E-state index contributed by atoms with van der Waals surface area (Å²) < 4.78 is 0. The normalized spacial score (nSPS) is 12.4. The summed E-state index contributed by atoms with van der Waals surface area (Å²) >= 11 is 0. The fourth-order valence-electron chi connectivity index (χ4n) is 2.22. The van der Waals surface area contributed by atoms with Crippen molar-refractivity contribution in [3.63, 3.8) is 0 Å². The standard InChI is InChI=1S/C15H22N4/c1-4-8-11(5-2)17-14-12-9-6-7-10-13(12)18-15(16-3)19-14/h6-7,9-11H,4-5,8H2,1-3H3,(H2,16,17,18,19). The first-order chi connectivity index (χ1) is 9.28. The van der Waals surface area contributed by atoms with Crippen LogP contribution in [-0.4, -0.2) is 23.1 Å². The van der Waals surface area contributed by atoms with Crippen LogP contribution in [0.25, 0.3) is 10.9 Å². The topological polar surface area (TPSA) is 49.8 Å². The minimum Gasteiger partial charge on any atom is -0.367 e. The third-order valence-electron chi connectivity index (χ3n) is 3.30. The molecule has 0 aliphatic heterocycles. The van der Waals surface area contributed by atoms with Crippen LogP contribution in [-0.2, 0) is 0 Å². The minimum absolute atomic E-state index is 0.466. The molecule has 4 heteroatoms. The zero-order chi connectivity index (χ0) is 13.7. The van der Waals surface area contributed by atoms with E-state index in [1.807, 2.05) is 25.2 Å². The molecule has 1 aromatic heterocycles. The fourth-order valence-corrected chi connectivity index (χ4v) is 2.22. The predicted molar refractivity (Wildman–Crippen MR) is 81.7 cm³/mol. The molecule has 2 rings (SSSR count). The second-order valence-corrected chi connectivity index (χ2v) is 4.70. The van der Waals surface area contributed by atoms with Gasteiger partial charge in [0.2, 0.25) is 5.95 Å². The molecule has 4 nitrogen and oxygen atoms in total. The molecule has 0 aliphatic rings. The molecule has 1 unspecified atom stereocenters. The number of fused-ring (bicyclic) bond motifs is 1. The number of aromatic nitrogens is 2. The van der Waals surface area contributed by atoms with Gasteiger partial charge >= 0.3 is 0 Å². The third-order valence-corrected chi connectivity index (χ3v) is 3.30. The van der Waals surface area contributed by atoms with Crippen molar-refractivity contribution >= 4 is 22.7 Å². The lowest BCUT2D eigenvalue weighted by Gasteiger charge is -2.18. The molecule has 1 aromatic carbocycles.